The zero-order chi connectivity index (χ0) is 14.5. The van der Waals surface area contributed by atoms with Crippen molar-refractivity contribution < 1.29 is 18.3 Å². The Bertz CT molecular complexity index is 509. The fourth-order valence-corrected chi connectivity index (χ4v) is 3.28. The summed E-state index contributed by atoms with van der Waals surface area (Å²) in [6.07, 6.45) is 1.40. The first-order chi connectivity index (χ1) is 9.49. The zero-order valence-electron chi connectivity index (χ0n) is 11.4. The van der Waals surface area contributed by atoms with Crippen molar-refractivity contribution in [1.29, 1.82) is 0 Å². The number of ether oxygens (including phenoxy) is 1. The van der Waals surface area contributed by atoms with Crippen molar-refractivity contribution in [2.45, 2.75) is 24.9 Å². The van der Waals surface area contributed by atoms with Crippen LogP contribution in [0.3, 0.4) is 0 Å². The van der Waals surface area contributed by atoms with Crippen molar-refractivity contribution in [3.8, 4) is 0 Å². The zero-order valence-corrected chi connectivity index (χ0v) is 12.2. The van der Waals surface area contributed by atoms with Gasteiger partial charge in [-0.25, -0.2) is 13.1 Å². The monoisotopic (exact) mass is 299 g/mol. The molecule has 0 spiro atoms. The molecule has 1 aromatic rings. The molecular weight excluding hydrogens is 278 g/mol. The lowest BCUT2D eigenvalue weighted by Gasteiger charge is -2.31. The second-order valence-electron chi connectivity index (χ2n) is 5.21. The van der Waals surface area contributed by atoms with Crippen LogP contribution in [0.4, 0.5) is 0 Å². The Balaban J connectivity index is 1.82. The molecule has 1 aromatic carbocycles. The first-order valence-electron chi connectivity index (χ1n) is 6.81. The molecule has 1 saturated heterocycles. The second-order valence-corrected chi connectivity index (χ2v) is 7.14. The van der Waals surface area contributed by atoms with Crippen LogP contribution in [0.15, 0.2) is 30.3 Å². The molecule has 0 aliphatic carbocycles. The Morgan fingerprint density at radius 1 is 1.20 bits per heavy atom. The van der Waals surface area contributed by atoms with Gasteiger partial charge in [0.25, 0.3) is 0 Å². The molecule has 0 saturated carbocycles. The van der Waals surface area contributed by atoms with Gasteiger partial charge in [0.1, 0.15) is 0 Å². The second kappa shape index (κ2) is 6.67. The minimum absolute atomic E-state index is 0.0313. The molecule has 0 radical (unpaired) electrons. The molecule has 1 heterocycles. The van der Waals surface area contributed by atoms with E-state index in [1.54, 1.807) is 0 Å². The van der Waals surface area contributed by atoms with E-state index >= 15 is 0 Å². The average molecular weight is 299 g/mol. The van der Waals surface area contributed by atoms with E-state index in [0.717, 1.165) is 5.56 Å². The van der Waals surface area contributed by atoms with Gasteiger partial charge in [-0.2, -0.15) is 0 Å². The number of hydrogen-bond acceptors (Lipinski definition) is 4. The molecule has 0 aromatic heterocycles. The summed E-state index contributed by atoms with van der Waals surface area (Å²) in [6.45, 7) is 1.01. The maximum atomic E-state index is 11.9. The number of sulfonamides is 1. The van der Waals surface area contributed by atoms with Crippen molar-refractivity contribution in [1.82, 2.24) is 4.72 Å². The third-order valence-electron chi connectivity index (χ3n) is 3.55. The summed E-state index contributed by atoms with van der Waals surface area (Å²) in [7, 11) is -3.37. The van der Waals surface area contributed by atoms with Crippen LogP contribution in [0.1, 0.15) is 18.4 Å². The van der Waals surface area contributed by atoms with Gasteiger partial charge in [0.2, 0.25) is 10.0 Å². The van der Waals surface area contributed by atoms with Crippen LogP contribution in [0.25, 0.3) is 0 Å². The Labute approximate surface area is 120 Å². The van der Waals surface area contributed by atoms with Gasteiger partial charge < -0.3 is 9.84 Å². The molecule has 20 heavy (non-hydrogen) atoms. The van der Waals surface area contributed by atoms with Crippen molar-refractivity contribution in [2.75, 3.05) is 25.5 Å². The first-order valence-corrected chi connectivity index (χ1v) is 8.46. The van der Waals surface area contributed by atoms with E-state index in [2.05, 4.69) is 4.72 Å². The third kappa shape index (κ3) is 4.86. The Morgan fingerprint density at radius 2 is 1.85 bits per heavy atom. The number of hydrogen-bond donors (Lipinski definition) is 2. The lowest BCUT2D eigenvalue weighted by Crippen LogP contribution is -2.47. The molecular formula is C14H21NO4S. The summed E-state index contributed by atoms with van der Waals surface area (Å²) in [6, 6.07) is 9.49. The van der Waals surface area contributed by atoms with E-state index in [1.807, 2.05) is 30.3 Å². The smallest absolute Gasteiger partial charge is 0.212 e. The van der Waals surface area contributed by atoms with Crippen LogP contribution in [-0.2, 0) is 21.2 Å². The Hall–Kier alpha value is -0.950. The van der Waals surface area contributed by atoms with Crippen molar-refractivity contribution >= 4 is 10.0 Å². The minimum atomic E-state index is -3.37. The van der Waals surface area contributed by atoms with Crippen molar-refractivity contribution in [3.63, 3.8) is 0 Å². The van der Waals surface area contributed by atoms with E-state index in [-0.39, 0.29) is 12.3 Å². The molecule has 112 valence electrons. The van der Waals surface area contributed by atoms with Crippen LogP contribution in [0.5, 0.6) is 0 Å². The summed E-state index contributed by atoms with van der Waals surface area (Å²) in [4.78, 5) is 0. The molecule has 0 atom stereocenters. The largest absolute Gasteiger partial charge is 0.388 e. The highest BCUT2D eigenvalue weighted by atomic mass is 32.2. The van der Waals surface area contributed by atoms with Gasteiger partial charge in [0.05, 0.1) is 11.4 Å². The lowest BCUT2D eigenvalue weighted by atomic mass is 9.95. The fraction of sp³-hybridized carbons (Fsp3) is 0.571. The number of aryl methyl sites for hydroxylation is 1. The minimum Gasteiger partial charge on any atom is -0.388 e. The van der Waals surface area contributed by atoms with E-state index in [1.165, 1.54) is 0 Å². The molecule has 0 unspecified atom stereocenters. The number of benzene rings is 1. The van der Waals surface area contributed by atoms with Gasteiger partial charge in [-0.1, -0.05) is 30.3 Å². The Morgan fingerprint density at radius 3 is 2.50 bits per heavy atom. The number of nitrogens with one attached hydrogen (secondary N) is 1. The highest BCUT2D eigenvalue weighted by Crippen LogP contribution is 2.19. The lowest BCUT2D eigenvalue weighted by molar-refractivity contribution is -0.0588. The molecule has 0 amide bonds. The quantitative estimate of drug-likeness (QED) is 0.810. The highest BCUT2D eigenvalue weighted by Gasteiger charge is 2.30. The van der Waals surface area contributed by atoms with E-state index in [0.29, 0.717) is 32.5 Å². The van der Waals surface area contributed by atoms with Gasteiger partial charge in [-0.05, 0) is 12.0 Å². The normalized spacial score (nSPS) is 18.9. The number of rotatable bonds is 6. The molecule has 5 nitrogen and oxygen atoms in total. The van der Waals surface area contributed by atoms with Gasteiger partial charge in [-0.15, -0.1) is 0 Å². The summed E-state index contributed by atoms with van der Waals surface area (Å²) < 4.78 is 31.5. The van der Waals surface area contributed by atoms with Crippen LogP contribution < -0.4 is 4.72 Å². The molecule has 1 fully saturated rings. The first kappa shape index (κ1) is 15.4. The van der Waals surface area contributed by atoms with Crippen molar-refractivity contribution in [3.05, 3.63) is 35.9 Å². The van der Waals surface area contributed by atoms with E-state index in [9.17, 15) is 13.5 Å². The SMILES string of the molecule is O=S(=O)(CCc1ccccc1)NCC1(O)CCOCC1. The molecule has 0 bridgehead atoms. The van der Waals surface area contributed by atoms with E-state index in [4.69, 9.17) is 4.74 Å². The summed E-state index contributed by atoms with van der Waals surface area (Å²) in [5.41, 5.74) is 0.0144. The highest BCUT2D eigenvalue weighted by molar-refractivity contribution is 7.89. The van der Waals surface area contributed by atoms with Crippen LogP contribution in [0.2, 0.25) is 0 Å². The van der Waals surface area contributed by atoms with E-state index < -0.39 is 15.6 Å². The molecule has 2 rings (SSSR count). The summed E-state index contributed by atoms with van der Waals surface area (Å²) in [5.74, 6) is 0.0313. The fourth-order valence-electron chi connectivity index (χ4n) is 2.14. The Kier molecular flexibility index (Phi) is 5.15. The predicted molar refractivity (Wildman–Crippen MR) is 76.9 cm³/mol. The average Bonchev–Trinajstić information content (AvgIpc) is 2.46. The maximum absolute atomic E-state index is 11.9. The molecule has 6 heteroatoms. The van der Waals surface area contributed by atoms with Crippen LogP contribution >= 0.6 is 0 Å². The third-order valence-corrected chi connectivity index (χ3v) is 4.87. The van der Waals surface area contributed by atoms with Gasteiger partial charge in [0, 0.05) is 32.6 Å². The van der Waals surface area contributed by atoms with Gasteiger partial charge >= 0.3 is 0 Å². The van der Waals surface area contributed by atoms with Crippen LogP contribution in [0, 0.1) is 0 Å². The maximum Gasteiger partial charge on any atom is 0.212 e. The molecule has 1 aliphatic rings. The summed E-state index contributed by atoms with van der Waals surface area (Å²) >= 11 is 0. The molecule has 1 aliphatic heterocycles. The standard InChI is InChI=1S/C14H21NO4S/c16-14(7-9-19-10-8-14)12-15-20(17,18)11-6-13-4-2-1-3-5-13/h1-5,15-16H,6-12H2. The summed E-state index contributed by atoms with van der Waals surface area (Å²) in [5, 5.41) is 10.2. The molecule has 2 N–H and O–H groups in total. The van der Waals surface area contributed by atoms with Crippen molar-refractivity contribution in [2.24, 2.45) is 0 Å². The topological polar surface area (TPSA) is 75.6 Å². The number of aliphatic hydroxyl groups is 1. The van der Waals surface area contributed by atoms with Gasteiger partial charge in [-0.3, -0.25) is 0 Å². The van der Waals surface area contributed by atoms with Crippen LogP contribution in [-0.4, -0.2) is 44.6 Å². The van der Waals surface area contributed by atoms with Gasteiger partial charge in [0.15, 0.2) is 0 Å². The predicted octanol–water partition coefficient (Wildman–Crippen LogP) is 0.690.